The number of carbonyl (C=O) groups is 3. The molecule has 5 aliphatic rings. The second kappa shape index (κ2) is 11.0. The highest BCUT2D eigenvalue weighted by Gasteiger charge is 2.53. The molecule has 10 nitrogen and oxygen atoms in total. The smallest absolute Gasteiger partial charge is 0.257 e. The summed E-state index contributed by atoms with van der Waals surface area (Å²) in [4.78, 5) is 46.9. The van der Waals surface area contributed by atoms with E-state index in [1.54, 1.807) is 0 Å². The summed E-state index contributed by atoms with van der Waals surface area (Å²) in [5.74, 6) is -0.416. The Balaban J connectivity index is 1.28. The summed E-state index contributed by atoms with van der Waals surface area (Å²) in [5, 5.41) is 3.02. The fraction of sp³-hybridized carbons (Fsp3) is 0.517. The SMILES string of the molecule is O=C1CN(C(=O)c2ccncc2F)CCCOc2cccc3c2OC[C@@]2(CN1)CN(C(=O)C1CCOCC1)C[C@@H]32. The lowest BCUT2D eigenvalue weighted by Gasteiger charge is -2.40. The van der Waals surface area contributed by atoms with Crippen LogP contribution in [-0.2, 0) is 14.3 Å². The number of halogens is 1. The molecule has 0 aliphatic carbocycles. The van der Waals surface area contributed by atoms with E-state index in [0.717, 1.165) is 11.8 Å². The van der Waals surface area contributed by atoms with Gasteiger partial charge in [0.2, 0.25) is 11.8 Å². The molecular weight excluding hydrogens is 519 g/mol. The molecule has 1 N–H and O–H groups in total. The Morgan fingerprint density at radius 2 is 1.95 bits per heavy atom. The molecule has 212 valence electrons. The van der Waals surface area contributed by atoms with Crippen LogP contribution < -0.4 is 14.8 Å². The molecule has 6 heterocycles. The molecule has 2 atom stereocenters. The summed E-state index contributed by atoms with van der Waals surface area (Å²) >= 11 is 0. The molecule has 2 fully saturated rings. The fourth-order valence-electron chi connectivity index (χ4n) is 6.35. The largest absolute Gasteiger partial charge is 0.490 e. The summed E-state index contributed by atoms with van der Waals surface area (Å²) in [6.45, 7) is 2.96. The minimum Gasteiger partial charge on any atom is -0.490 e. The maximum absolute atomic E-state index is 14.4. The monoisotopic (exact) mass is 552 g/mol. The molecule has 1 spiro atoms. The first-order valence-electron chi connectivity index (χ1n) is 13.9. The van der Waals surface area contributed by atoms with Crippen molar-refractivity contribution in [3.05, 3.63) is 53.6 Å². The van der Waals surface area contributed by atoms with Crippen molar-refractivity contribution in [1.82, 2.24) is 20.1 Å². The van der Waals surface area contributed by atoms with Crippen LogP contribution in [0.1, 0.15) is 41.1 Å². The molecule has 40 heavy (non-hydrogen) atoms. The number of pyridine rings is 1. The lowest BCUT2D eigenvalue weighted by atomic mass is 9.73. The van der Waals surface area contributed by atoms with Crippen LogP contribution in [0.3, 0.4) is 0 Å². The molecule has 1 aromatic heterocycles. The van der Waals surface area contributed by atoms with Gasteiger partial charge in [0.1, 0.15) is 0 Å². The number of hydrogen-bond donors (Lipinski definition) is 1. The van der Waals surface area contributed by atoms with Crippen molar-refractivity contribution in [2.75, 3.05) is 59.2 Å². The van der Waals surface area contributed by atoms with Crippen molar-refractivity contribution in [1.29, 1.82) is 0 Å². The number of hydrogen-bond acceptors (Lipinski definition) is 7. The topological polar surface area (TPSA) is 110 Å². The van der Waals surface area contributed by atoms with Gasteiger partial charge >= 0.3 is 0 Å². The van der Waals surface area contributed by atoms with Gasteiger partial charge in [0.25, 0.3) is 5.91 Å². The molecule has 2 aromatic rings. The van der Waals surface area contributed by atoms with E-state index in [-0.39, 0.29) is 55.5 Å². The third-order valence-electron chi connectivity index (χ3n) is 8.51. The normalized spacial score (nSPS) is 25.3. The zero-order valence-corrected chi connectivity index (χ0v) is 22.3. The van der Waals surface area contributed by atoms with Crippen LogP contribution in [0.25, 0.3) is 0 Å². The Morgan fingerprint density at radius 1 is 1.10 bits per heavy atom. The van der Waals surface area contributed by atoms with Crippen molar-refractivity contribution in [2.24, 2.45) is 11.3 Å². The lowest BCUT2D eigenvalue weighted by molar-refractivity contribution is -0.137. The highest BCUT2D eigenvalue weighted by atomic mass is 19.1. The average molecular weight is 553 g/mol. The molecule has 5 aliphatic heterocycles. The maximum Gasteiger partial charge on any atom is 0.257 e. The average Bonchev–Trinajstić information content (AvgIpc) is 3.38. The van der Waals surface area contributed by atoms with E-state index in [4.69, 9.17) is 14.2 Å². The van der Waals surface area contributed by atoms with Crippen LogP contribution in [0.5, 0.6) is 11.5 Å². The van der Waals surface area contributed by atoms with Gasteiger partial charge in [-0.05, 0) is 31.4 Å². The van der Waals surface area contributed by atoms with E-state index in [0.29, 0.717) is 63.7 Å². The van der Waals surface area contributed by atoms with E-state index in [9.17, 15) is 18.8 Å². The molecule has 2 saturated heterocycles. The summed E-state index contributed by atoms with van der Waals surface area (Å²) in [7, 11) is 0. The van der Waals surface area contributed by atoms with Crippen LogP contribution in [0.2, 0.25) is 0 Å². The number of aromatic nitrogens is 1. The van der Waals surface area contributed by atoms with Crippen molar-refractivity contribution < 1.29 is 33.0 Å². The summed E-state index contributed by atoms with van der Waals surface area (Å²) in [6, 6.07) is 7.10. The second-order valence-corrected chi connectivity index (χ2v) is 11.0. The number of ether oxygens (including phenoxy) is 3. The highest BCUT2D eigenvalue weighted by Crippen LogP contribution is 2.52. The predicted molar refractivity (Wildman–Crippen MR) is 140 cm³/mol. The zero-order chi connectivity index (χ0) is 27.7. The van der Waals surface area contributed by atoms with Gasteiger partial charge in [0, 0.05) is 68.4 Å². The molecule has 1 aromatic carbocycles. The van der Waals surface area contributed by atoms with Gasteiger partial charge in [-0.25, -0.2) is 4.39 Å². The fourth-order valence-corrected chi connectivity index (χ4v) is 6.35. The third-order valence-corrected chi connectivity index (χ3v) is 8.51. The molecule has 0 saturated carbocycles. The van der Waals surface area contributed by atoms with E-state index >= 15 is 0 Å². The number of benzene rings is 1. The number of amides is 3. The first-order chi connectivity index (χ1) is 19.4. The second-order valence-electron chi connectivity index (χ2n) is 11.0. The van der Waals surface area contributed by atoms with Crippen molar-refractivity contribution >= 4 is 17.7 Å². The van der Waals surface area contributed by atoms with Gasteiger partial charge < -0.3 is 29.3 Å². The molecule has 0 unspecified atom stereocenters. The van der Waals surface area contributed by atoms with Crippen LogP contribution in [0.4, 0.5) is 4.39 Å². The van der Waals surface area contributed by atoms with Crippen LogP contribution in [0.15, 0.2) is 36.7 Å². The Kier molecular flexibility index (Phi) is 7.31. The van der Waals surface area contributed by atoms with Gasteiger partial charge in [0.05, 0.1) is 31.5 Å². The molecular formula is C29H33FN4O6. The zero-order valence-electron chi connectivity index (χ0n) is 22.3. The Hall–Kier alpha value is -3.73. The van der Waals surface area contributed by atoms with Crippen molar-refractivity contribution in [3.8, 4) is 11.5 Å². The quantitative estimate of drug-likeness (QED) is 0.607. The maximum atomic E-state index is 14.4. The summed E-state index contributed by atoms with van der Waals surface area (Å²) in [5.41, 5.74) is 0.296. The van der Waals surface area contributed by atoms with Crippen LogP contribution >= 0.6 is 0 Å². The Labute approximate surface area is 231 Å². The van der Waals surface area contributed by atoms with Crippen LogP contribution in [-0.4, -0.2) is 91.7 Å². The van der Waals surface area contributed by atoms with Gasteiger partial charge in [-0.2, -0.15) is 0 Å². The Morgan fingerprint density at radius 3 is 2.77 bits per heavy atom. The van der Waals surface area contributed by atoms with Crippen LogP contribution in [0, 0.1) is 17.2 Å². The highest BCUT2D eigenvalue weighted by molar-refractivity contribution is 5.96. The predicted octanol–water partition coefficient (Wildman–Crippen LogP) is 1.99. The van der Waals surface area contributed by atoms with E-state index < -0.39 is 17.1 Å². The van der Waals surface area contributed by atoms with Gasteiger partial charge in [-0.3, -0.25) is 19.4 Å². The summed E-state index contributed by atoms with van der Waals surface area (Å²) in [6.07, 6.45) is 4.17. The van der Waals surface area contributed by atoms with Crippen molar-refractivity contribution in [2.45, 2.75) is 25.2 Å². The van der Waals surface area contributed by atoms with E-state index in [1.165, 1.54) is 17.2 Å². The minimum absolute atomic E-state index is 0.0597. The van der Waals surface area contributed by atoms with E-state index in [1.807, 2.05) is 23.1 Å². The molecule has 11 heteroatoms. The molecule has 3 amide bonds. The van der Waals surface area contributed by atoms with Crippen molar-refractivity contribution in [3.63, 3.8) is 0 Å². The number of carbonyl (C=O) groups excluding carboxylic acids is 3. The summed E-state index contributed by atoms with van der Waals surface area (Å²) < 4.78 is 32.2. The molecule has 0 radical (unpaired) electrons. The third kappa shape index (κ3) is 4.98. The first-order valence-corrected chi connectivity index (χ1v) is 13.9. The Bertz CT molecular complexity index is 1300. The first kappa shape index (κ1) is 26.5. The molecule has 7 rings (SSSR count). The number of nitrogens with one attached hydrogen (secondary N) is 1. The van der Waals surface area contributed by atoms with Gasteiger partial charge in [0.15, 0.2) is 17.3 Å². The number of para-hydroxylation sites is 1. The number of nitrogens with zero attached hydrogens (tertiary/aromatic N) is 3. The number of rotatable bonds is 2. The van der Waals surface area contributed by atoms with Gasteiger partial charge in [-0.15, -0.1) is 0 Å². The standard InChI is InChI=1S/C29H33FN4O6/c30-23-13-31-8-5-21(23)28(37)33-9-2-10-39-24-4-1-3-20-22-14-34(27(36)19-6-11-38-12-7-19)17-29(22,18-40-26(20)24)16-32-25(35)15-33/h1,3-5,8,13,19,22H,2,6-7,9-12,14-18H2,(H,32,35)/t22-,29+/m0/s1. The number of fused-ring (bicyclic) bond motifs is 9. The van der Waals surface area contributed by atoms with Gasteiger partial charge in [-0.1, -0.05) is 12.1 Å². The molecule has 4 bridgehead atoms. The lowest BCUT2D eigenvalue weighted by Crippen LogP contribution is -2.51. The van der Waals surface area contributed by atoms with E-state index in [2.05, 4.69) is 10.3 Å². The number of likely N-dealkylation sites (tertiary alicyclic amines) is 1. The minimum atomic E-state index is -0.737.